The van der Waals surface area contributed by atoms with Crippen molar-refractivity contribution in [1.82, 2.24) is 4.37 Å². The van der Waals surface area contributed by atoms with Gasteiger partial charge in [-0.3, -0.25) is 0 Å². The highest BCUT2D eigenvalue weighted by Crippen LogP contribution is 2.10. The molecule has 3 N–H and O–H groups in total. The van der Waals surface area contributed by atoms with Crippen LogP contribution in [0, 0.1) is 0 Å². The lowest BCUT2D eigenvalue weighted by Gasteiger charge is -1.77. The Hall–Kier alpha value is -0.610. The first-order chi connectivity index (χ1) is 3.83. The number of nitrogens with two attached hydrogens (primary N) is 1. The maximum absolute atomic E-state index is 8.44. The zero-order valence-electron chi connectivity index (χ0n) is 4.16. The van der Waals surface area contributed by atoms with Crippen LogP contribution in [0.3, 0.4) is 0 Å². The zero-order valence-corrected chi connectivity index (χ0v) is 4.98. The second kappa shape index (κ2) is 2.11. The van der Waals surface area contributed by atoms with E-state index in [1.807, 2.05) is 0 Å². The van der Waals surface area contributed by atoms with Crippen molar-refractivity contribution in [1.29, 1.82) is 0 Å². The van der Waals surface area contributed by atoms with E-state index >= 15 is 0 Å². The van der Waals surface area contributed by atoms with E-state index in [2.05, 4.69) is 4.37 Å². The van der Waals surface area contributed by atoms with E-state index in [0.29, 0.717) is 10.7 Å². The average molecular weight is 130 g/mol. The van der Waals surface area contributed by atoms with Crippen molar-refractivity contribution in [3.05, 3.63) is 11.8 Å². The number of anilines is 1. The van der Waals surface area contributed by atoms with Crippen LogP contribution in [-0.4, -0.2) is 9.48 Å². The van der Waals surface area contributed by atoms with E-state index in [-0.39, 0.29) is 6.61 Å². The maximum Gasteiger partial charge on any atom is 0.107 e. The molecule has 44 valence electrons. The predicted molar refractivity (Wildman–Crippen MR) is 32.4 cm³/mol. The highest BCUT2D eigenvalue weighted by molar-refractivity contribution is 7.09. The molecule has 1 heterocycles. The largest absolute Gasteiger partial charge is 0.390 e. The van der Waals surface area contributed by atoms with E-state index in [1.165, 1.54) is 11.5 Å². The molecule has 8 heavy (non-hydrogen) atoms. The summed E-state index contributed by atoms with van der Waals surface area (Å²) < 4.78 is 3.80. The number of rotatable bonds is 1. The second-order valence-corrected chi connectivity index (χ2v) is 2.22. The highest BCUT2D eigenvalue weighted by atomic mass is 32.1. The molecule has 0 unspecified atom stereocenters. The quantitative estimate of drug-likeness (QED) is 0.571. The molecule has 0 aliphatic heterocycles. The van der Waals surface area contributed by atoms with E-state index in [9.17, 15) is 0 Å². The van der Waals surface area contributed by atoms with E-state index in [0.717, 1.165) is 0 Å². The van der Waals surface area contributed by atoms with E-state index < -0.39 is 0 Å². The van der Waals surface area contributed by atoms with Gasteiger partial charge in [0.15, 0.2) is 0 Å². The Kier molecular flexibility index (Phi) is 1.45. The molecule has 0 bridgehead atoms. The van der Waals surface area contributed by atoms with Crippen LogP contribution in [0.15, 0.2) is 6.07 Å². The van der Waals surface area contributed by atoms with Crippen molar-refractivity contribution < 1.29 is 5.11 Å². The first kappa shape index (κ1) is 5.53. The first-order valence-electron chi connectivity index (χ1n) is 2.15. The van der Waals surface area contributed by atoms with Gasteiger partial charge in [-0.15, -0.1) is 0 Å². The lowest BCUT2D eigenvalue weighted by atomic mass is 10.5. The number of nitrogens with zero attached hydrogens (tertiary/aromatic N) is 1. The minimum atomic E-state index is -0.0201. The van der Waals surface area contributed by atoms with Gasteiger partial charge in [0, 0.05) is 0 Å². The summed E-state index contributed by atoms with van der Waals surface area (Å²) >= 11 is 1.20. The molecule has 1 aromatic rings. The molecule has 4 heteroatoms. The summed E-state index contributed by atoms with van der Waals surface area (Å²) in [6, 6.07) is 1.66. The fourth-order valence-electron chi connectivity index (χ4n) is 0.403. The fraction of sp³-hybridized carbons (Fsp3) is 0.250. The summed E-state index contributed by atoms with van der Waals surface area (Å²) in [5.74, 6) is 0. The number of nitrogen functional groups attached to an aromatic ring is 1. The molecule has 0 aliphatic carbocycles. The van der Waals surface area contributed by atoms with Gasteiger partial charge in [-0.1, -0.05) is 0 Å². The lowest BCUT2D eigenvalue weighted by Crippen LogP contribution is -1.79. The molecule has 1 aromatic heterocycles. The Bertz CT molecular complexity index is 174. The molecule has 3 nitrogen and oxygen atoms in total. The average Bonchev–Trinajstić information content (AvgIpc) is 2.14. The SMILES string of the molecule is Nc1cc(CO)ns1. The molecule has 0 saturated heterocycles. The monoisotopic (exact) mass is 130 g/mol. The van der Waals surface area contributed by atoms with Gasteiger partial charge in [0.2, 0.25) is 0 Å². The molecule has 0 amide bonds. The molecule has 0 aliphatic rings. The standard InChI is InChI=1S/C4H6N2OS/c5-4-1-3(2-7)6-8-4/h1,7H,2,5H2. The van der Waals surface area contributed by atoms with Crippen LogP contribution in [0.5, 0.6) is 0 Å². The van der Waals surface area contributed by atoms with Gasteiger partial charge in [-0.25, -0.2) is 0 Å². The Morgan fingerprint density at radius 1 is 1.88 bits per heavy atom. The van der Waals surface area contributed by atoms with E-state index in [4.69, 9.17) is 10.8 Å². The smallest absolute Gasteiger partial charge is 0.107 e. The maximum atomic E-state index is 8.44. The van der Waals surface area contributed by atoms with Crippen molar-refractivity contribution >= 4 is 16.5 Å². The zero-order chi connectivity index (χ0) is 5.98. The Morgan fingerprint density at radius 2 is 2.62 bits per heavy atom. The summed E-state index contributed by atoms with van der Waals surface area (Å²) in [7, 11) is 0. The van der Waals surface area contributed by atoms with Gasteiger partial charge in [0.05, 0.1) is 12.3 Å². The summed E-state index contributed by atoms with van der Waals surface area (Å²) in [4.78, 5) is 0. The molecule has 1 rings (SSSR count). The topological polar surface area (TPSA) is 59.1 Å². The normalized spacial score (nSPS) is 9.62. The molecule has 0 atom stereocenters. The number of hydrogen-bond acceptors (Lipinski definition) is 4. The Morgan fingerprint density at radius 3 is 2.88 bits per heavy atom. The van der Waals surface area contributed by atoms with Crippen LogP contribution in [0.4, 0.5) is 5.00 Å². The summed E-state index contributed by atoms with van der Waals surface area (Å²) in [5.41, 5.74) is 5.94. The van der Waals surface area contributed by atoms with Crippen molar-refractivity contribution in [2.45, 2.75) is 6.61 Å². The summed E-state index contributed by atoms with van der Waals surface area (Å²) in [5, 5.41) is 9.09. The highest BCUT2D eigenvalue weighted by Gasteiger charge is 1.93. The minimum absolute atomic E-state index is 0.0201. The second-order valence-electron chi connectivity index (χ2n) is 1.38. The van der Waals surface area contributed by atoms with Crippen LogP contribution in [0.2, 0.25) is 0 Å². The van der Waals surface area contributed by atoms with Gasteiger partial charge >= 0.3 is 0 Å². The summed E-state index contributed by atoms with van der Waals surface area (Å²) in [6.07, 6.45) is 0. The van der Waals surface area contributed by atoms with Gasteiger partial charge in [-0.2, -0.15) is 4.37 Å². The third-order valence-electron chi connectivity index (χ3n) is 0.739. The molecule has 0 saturated carbocycles. The lowest BCUT2D eigenvalue weighted by molar-refractivity contribution is 0.278. The van der Waals surface area contributed by atoms with Gasteiger partial charge in [-0.05, 0) is 17.6 Å². The van der Waals surface area contributed by atoms with Crippen molar-refractivity contribution in [2.75, 3.05) is 5.73 Å². The Balaban J connectivity index is 2.84. The summed E-state index contributed by atoms with van der Waals surface area (Å²) in [6.45, 7) is -0.0201. The third-order valence-corrected chi connectivity index (χ3v) is 1.39. The first-order valence-corrected chi connectivity index (χ1v) is 2.92. The fourth-order valence-corrected chi connectivity index (χ4v) is 0.925. The number of aromatic nitrogens is 1. The van der Waals surface area contributed by atoms with Gasteiger partial charge in [0.1, 0.15) is 5.00 Å². The van der Waals surface area contributed by atoms with Gasteiger partial charge < -0.3 is 10.8 Å². The molecular formula is C4H6N2OS. The number of aliphatic hydroxyl groups excluding tert-OH is 1. The van der Waals surface area contributed by atoms with Crippen LogP contribution >= 0.6 is 11.5 Å². The molecule has 0 radical (unpaired) electrons. The minimum Gasteiger partial charge on any atom is -0.390 e. The molecule has 0 fully saturated rings. The van der Waals surface area contributed by atoms with Crippen LogP contribution in [0.1, 0.15) is 5.69 Å². The van der Waals surface area contributed by atoms with E-state index in [1.54, 1.807) is 6.07 Å². The number of aliphatic hydroxyl groups is 1. The van der Waals surface area contributed by atoms with Crippen LogP contribution in [-0.2, 0) is 6.61 Å². The molecule has 0 aromatic carbocycles. The number of hydrogen-bond donors (Lipinski definition) is 2. The third kappa shape index (κ3) is 0.962. The van der Waals surface area contributed by atoms with Crippen molar-refractivity contribution in [2.24, 2.45) is 0 Å². The van der Waals surface area contributed by atoms with Crippen LogP contribution in [0.25, 0.3) is 0 Å². The predicted octanol–water partition coefficient (Wildman–Crippen LogP) is 0.218. The molecule has 0 spiro atoms. The Labute approximate surface area is 50.9 Å². The van der Waals surface area contributed by atoms with Crippen LogP contribution < -0.4 is 5.73 Å². The van der Waals surface area contributed by atoms with Crippen molar-refractivity contribution in [3.63, 3.8) is 0 Å². The van der Waals surface area contributed by atoms with Crippen molar-refractivity contribution in [3.8, 4) is 0 Å². The van der Waals surface area contributed by atoms with Gasteiger partial charge in [0.25, 0.3) is 0 Å². The molecular weight excluding hydrogens is 124 g/mol.